The predicted octanol–water partition coefficient (Wildman–Crippen LogP) is 3.49. The van der Waals surface area contributed by atoms with Gasteiger partial charge >= 0.3 is 0 Å². The average molecular weight is 284 g/mol. The van der Waals surface area contributed by atoms with E-state index in [1.165, 1.54) is 0 Å². The number of ether oxygens (including phenoxy) is 2. The number of aliphatic hydroxyl groups excluding tert-OH is 1. The van der Waals surface area contributed by atoms with Gasteiger partial charge in [0.05, 0.1) is 7.11 Å². The summed E-state index contributed by atoms with van der Waals surface area (Å²) < 4.78 is 11.3. The molecule has 2 aromatic rings. The summed E-state index contributed by atoms with van der Waals surface area (Å²) in [5.41, 5.74) is 2.55. The van der Waals surface area contributed by atoms with E-state index in [4.69, 9.17) is 9.47 Å². The van der Waals surface area contributed by atoms with Crippen LogP contribution in [-0.2, 0) is 6.42 Å². The van der Waals surface area contributed by atoms with Crippen molar-refractivity contribution in [3.8, 4) is 11.5 Å². The Hall–Kier alpha value is -2.00. The first-order chi connectivity index (χ1) is 10.00. The lowest BCUT2D eigenvalue weighted by molar-refractivity contribution is 0.131. The third-order valence-corrected chi connectivity index (χ3v) is 3.83. The molecule has 3 heteroatoms. The van der Waals surface area contributed by atoms with Gasteiger partial charge in [-0.25, -0.2) is 0 Å². The molecule has 0 bridgehead atoms. The largest absolute Gasteiger partial charge is 0.497 e. The summed E-state index contributed by atoms with van der Waals surface area (Å²) in [4.78, 5) is 0. The maximum atomic E-state index is 10.7. The highest BCUT2D eigenvalue weighted by Crippen LogP contribution is 2.41. The normalized spacial score (nSPS) is 17.0. The van der Waals surface area contributed by atoms with Crippen molar-refractivity contribution in [2.75, 3.05) is 7.11 Å². The fourth-order valence-corrected chi connectivity index (χ4v) is 2.85. The lowest BCUT2D eigenvalue weighted by Gasteiger charge is -2.20. The van der Waals surface area contributed by atoms with Crippen LogP contribution in [0.15, 0.2) is 42.5 Å². The number of methoxy groups -OCH3 is 1. The number of rotatable bonds is 3. The van der Waals surface area contributed by atoms with Crippen LogP contribution in [0.5, 0.6) is 11.5 Å². The minimum atomic E-state index is -0.719. The molecule has 1 unspecified atom stereocenters. The van der Waals surface area contributed by atoms with Crippen molar-refractivity contribution in [1.82, 2.24) is 0 Å². The maximum absolute atomic E-state index is 10.7. The molecule has 0 saturated carbocycles. The van der Waals surface area contributed by atoms with Crippen molar-refractivity contribution in [2.45, 2.75) is 32.0 Å². The standard InChI is InChI=1S/C18H20O3/c1-18(2)11-13-7-5-9-15(17(13)21-18)16(19)12-6-4-8-14(10-12)20-3/h4-10,16,19H,11H2,1-3H3. The van der Waals surface area contributed by atoms with Gasteiger partial charge in [-0.05, 0) is 37.1 Å². The van der Waals surface area contributed by atoms with Gasteiger partial charge in [-0.2, -0.15) is 0 Å². The van der Waals surface area contributed by atoms with Crippen LogP contribution >= 0.6 is 0 Å². The van der Waals surface area contributed by atoms with Crippen molar-refractivity contribution in [1.29, 1.82) is 0 Å². The highest BCUT2D eigenvalue weighted by atomic mass is 16.5. The molecule has 1 atom stereocenters. The van der Waals surface area contributed by atoms with Crippen molar-refractivity contribution in [3.05, 3.63) is 59.2 Å². The second kappa shape index (κ2) is 5.08. The molecular weight excluding hydrogens is 264 g/mol. The van der Waals surface area contributed by atoms with E-state index in [1.54, 1.807) is 7.11 Å². The Morgan fingerprint density at radius 1 is 1.19 bits per heavy atom. The number of aliphatic hydroxyl groups is 1. The van der Waals surface area contributed by atoms with Gasteiger partial charge in [-0.3, -0.25) is 0 Å². The van der Waals surface area contributed by atoms with E-state index in [9.17, 15) is 5.11 Å². The lowest BCUT2D eigenvalue weighted by atomic mass is 9.96. The summed E-state index contributed by atoms with van der Waals surface area (Å²) in [6.07, 6.45) is 0.144. The molecule has 1 N–H and O–H groups in total. The second-order valence-electron chi connectivity index (χ2n) is 6.05. The minimum Gasteiger partial charge on any atom is -0.497 e. The van der Waals surface area contributed by atoms with Gasteiger partial charge in [0.1, 0.15) is 23.2 Å². The summed E-state index contributed by atoms with van der Waals surface area (Å²) >= 11 is 0. The van der Waals surface area contributed by atoms with E-state index in [1.807, 2.05) is 36.4 Å². The Balaban J connectivity index is 2.00. The van der Waals surface area contributed by atoms with Crippen molar-refractivity contribution in [2.24, 2.45) is 0 Å². The lowest BCUT2D eigenvalue weighted by Crippen LogP contribution is -2.25. The molecule has 0 fully saturated rings. The summed E-state index contributed by atoms with van der Waals surface area (Å²) in [6, 6.07) is 13.5. The summed E-state index contributed by atoms with van der Waals surface area (Å²) in [6.45, 7) is 4.13. The number of hydrogen-bond donors (Lipinski definition) is 1. The Morgan fingerprint density at radius 3 is 2.71 bits per heavy atom. The van der Waals surface area contributed by atoms with Crippen LogP contribution in [0, 0.1) is 0 Å². The topological polar surface area (TPSA) is 38.7 Å². The Labute approximate surface area is 125 Å². The molecule has 0 spiro atoms. The predicted molar refractivity (Wildman–Crippen MR) is 81.9 cm³/mol. The highest BCUT2D eigenvalue weighted by Gasteiger charge is 2.33. The molecule has 1 heterocycles. The molecule has 0 aliphatic carbocycles. The van der Waals surface area contributed by atoms with Gasteiger partial charge in [0, 0.05) is 12.0 Å². The van der Waals surface area contributed by atoms with E-state index in [0.29, 0.717) is 0 Å². The maximum Gasteiger partial charge on any atom is 0.129 e. The van der Waals surface area contributed by atoms with Gasteiger partial charge in [0.25, 0.3) is 0 Å². The fraction of sp³-hybridized carbons (Fsp3) is 0.333. The highest BCUT2D eigenvalue weighted by molar-refractivity contribution is 5.49. The fourth-order valence-electron chi connectivity index (χ4n) is 2.85. The van der Waals surface area contributed by atoms with Crippen LogP contribution in [-0.4, -0.2) is 17.8 Å². The average Bonchev–Trinajstić information content (AvgIpc) is 2.80. The number of hydrogen-bond acceptors (Lipinski definition) is 3. The number of benzene rings is 2. The van der Waals surface area contributed by atoms with Crippen LogP contribution in [0.2, 0.25) is 0 Å². The Morgan fingerprint density at radius 2 is 1.95 bits per heavy atom. The number of para-hydroxylation sites is 1. The van der Waals surface area contributed by atoms with E-state index in [0.717, 1.165) is 34.6 Å². The van der Waals surface area contributed by atoms with Crippen molar-refractivity contribution >= 4 is 0 Å². The van der Waals surface area contributed by atoms with E-state index >= 15 is 0 Å². The third kappa shape index (κ3) is 2.61. The van der Waals surface area contributed by atoms with Crippen LogP contribution < -0.4 is 9.47 Å². The van der Waals surface area contributed by atoms with Gasteiger partial charge in [-0.15, -0.1) is 0 Å². The van der Waals surface area contributed by atoms with E-state index in [-0.39, 0.29) is 5.60 Å². The molecule has 0 aromatic heterocycles. The van der Waals surface area contributed by atoms with Crippen LogP contribution in [0.1, 0.15) is 36.6 Å². The summed E-state index contributed by atoms with van der Waals surface area (Å²) in [5.74, 6) is 1.55. The van der Waals surface area contributed by atoms with Gasteiger partial charge in [0.15, 0.2) is 0 Å². The number of fused-ring (bicyclic) bond motifs is 1. The van der Waals surface area contributed by atoms with Gasteiger partial charge < -0.3 is 14.6 Å². The molecule has 1 aliphatic rings. The van der Waals surface area contributed by atoms with Crippen molar-refractivity contribution < 1.29 is 14.6 Å². The zero-order valence-electron chi connectivity index (χ0n) is 12.6. The first-order valence-electron chi connectivity index (χ1n) is 7.13. The van der Waals surface area contributed by atoms with Crippen LogP contribution in [0.4, 0.5) is 0 Å². The Kier molecular flexibility index (Phi) is 3.38. The second-order valence-corrected chi connectivity index (χ2v) is 6.05. The van der Waals surface area contributed by atoms with E-state index in [2.05, 4.69) is 19.9 Å². The smallest absolute Gasteiger partial charge is 0.129 e. The first-order valence-corrected chi connectivity index (χ1v) is 7.13. The van der Waals surface area contributed by atoms with Crippen LogP contribution in [0.25, 0.3) is 0 Å². The minimum absolute atomic E-state index is 0.216. The molecule has 110 valence electrons. The molecule has 3 nitrogen and oxygen atoms in total. The molecule has 2 aromatic carbocycles. The zero-order valence-corrected chi connectivity index (χ0v) is 12.6. The molecule has 0 saturated heterocycles. The molecule has 0 amide bonds. The van der Waals surface area contributed by atoms with Gasteiger partial charge in [-0.1, -0.05) is 30.3 Å². The first kappa shape index (κ1) is 14.0. The summed E-state index contributed by atoms with van der Waals surface area (Å²) in [5, 5.41) is 10.7. The quantitative estimate of drug-likeness (QED) is 0.937. The third-order valence-electron chi connectivity index (χ3n) is 3.83. The SMILES string of the molecule is COc1cccc(C(O)c2cccc3c2OC(C)(C)C3)c1. The molecule has 0 radical (unpaired) electrons. The summed E-state index contributed by atoms with van der Waals surface area (Å²) in [7, 11) is 1.62. The Bertz CT molecular complexity index is 661. The van der Waals surface area contributed by atoms with Crippen LogP contribution in [0.3, 0.4) is 0 Å². The monoisotopic (exact) mass is 284 g/mol. The van der Waals surface area contributed by atoms with Crippen molar-refractivity contribution in [3.63, 3.8) is 0 Å². The molecule has 21 heavy (non-hydrogen) atoms. The van der Waals surface area contributed by atoms with E-state index < -0.39 is 6.10 Å². The molecule has 1 aliphatic heterocycles. The van der Waals surface area contributed by atoms with Gasteiger partial charge in [0.2, 0.25) is 0 Å². The molecule has 3 rings (SSSR count). The molecular formula is C18H20O3. The zero-order chi connectivity index (χ0) is 15.0.